The van der Waals surface area contributed by atoms with Gasteiger partial charge in [0.05, 0.1) is 0 Å². The highest BCUT2D eigenvalue weighted by molar-refractivity contribution is 6.30. The lowest BCUT2D eigenvalue weighted by Gasteiger charge is -2.26. The zero-order chi connectivity index (χ0) is 39.1. The molecule has 1 aromatic heterocycles. The predicted molar refractivity (Wildman–Crippen MR) is 249 cm³/mol. The van der Waals surface area contributed by atoms with Gasteiger partial charge in [0.1, 0.15) is 11.2 Å². The summed E-state index contributed by atoms with van der Waals surface area (Å²) >= 11 is 0. The summed E-state index contributed by atoms with van der Waals surface area (Å²) in [7, 11) is 0. The van der Waals surface area contributed by atoms with E-state index >= 15 is 0 Å². The van der Waals surface area contributed by atoms with Crippen molar-refractivity contribution in [2.24, 2.45) is 0 Å². The Hall–Kier alpha value is -7.88. The number of furan rings is 1. The molecular weight excluding hydrogens is 717 g/mol. The zero-order valence-corrected chi connectivity index (χ0v) is 32.2. The van der Waals surface area contributed by atoms with Gasteiger partial charge >= 0.3 is 0 Å². The van der Waals surface area contributed by atoms with E-state index < -0.39 is 0 Å². The van der Waals surface area contributed by atoms with Crippen LogP contribution in [0.2, 0.25) is 0 Å². The molecule has 0 unspecified atom stereocenters. The molecule has 0 saturated heterocycles. The predicted octanol–water partition coefficient (Wildman–Crippen LogP) is 16.2. The van der Waals surface area contributed by atoms with Crippen LogP contribution in [0.4, 0.5) is 34.1 Å². The van der Waals surface area contributed by atoms with Crippen LogP contribution in [0.15, 0.2) is 235 Å². The molecular formula is C56H38N2O. The Bertz CT molecular complexity index is 3230. The van der Waals surface area contributed by atoms with E-state index in [1.807, 2.05) is 0 Å². The molecule has 0 radical (unpaired) electrons. The second kappa shape index (κ2) is 14.6. The minimum absolute atomic E-state index is 0.852. The Morgan fingerprint density at radius 3 is 1.17 bits per heavy atom. The first-order valence-corrected chi connectivity index (χ1v) is 20.1. The molecule has 0 fully saturated rings. The number of hydrogen-bond donors (Lipinski definition) is 0. The summed E-state index contributed by atoms with van der Waals surface area (Å²) in [4.78, 5) is 4.64. The molecule has 278 valence electrons. The third-order valence-electron chi connectivity index (χ3n) is 11.4. The molecule has 0 aliphatic heterocycles. The average molecular weight is 755 g/mol. The van der Waals surface area contributed by atoms with Crippen molar-refractivity contribution in [1.82, 2.24) is 0 Å². The van der Waals surface area contributed by atoms with Gasteiger partial charge in [-0.3, -0.25) is 0 Å². The van der Waals surface area contributed by atoms with Crippen molar-refractivity contribution in [2.45, 2.75) is 0 Å². The Morgan fingerprint density at radius 1 is 0.254 bits per heavy atom. The van der Waals surface area contributed by atoms with Gasteiger partial charge in [-0.05, 0) is 117 Å². The maximum atomic E-state index is 7.00. The summed E-state index contributed by atoms with van der Waals surface area (Å²) < 4.78 is 7.00. The van der Waals surface area contributed by atoms with Gasteiger partial charge in [-0.1, -0.05) is 146 Å². The number of nitrogens with zero attached hydrogens (tertiary/aromatic N) is 2. The molecule has 0 aliphatic rings. The van der Waals surface area contributed by atoms with Crippen molar-refractivity contribution in [3.05, 3.63) is 231 Å². The zero-order valence-electron chi connectivity index (χ0n) is 32.2. The lowest BCUT2D eigenvalue weighted by molar-refractivity contribution is 0.673. The summed E-state index contributed by atoms with van der Waals surface area (Å²) in [6.07, 6.45) is 0. The number of anilines is 6. The van der Waals surface area contributed by atoms with Gasteiger partial charge in [0.2, 0.25) is 0 Å². The fraction of sp³-hybridized carbons (Fsp3) is 0. The van der Waals surface area contributed by atoms with Gasteiger partial charge in [0.15, 0.2) is 0 Å². The fourth-order valence-electron chi connectivity index (χ4n) is 8.63. The van der Waals surface area contributed by atoms with E-state index in [9.17, 15) is 0 Å². The second-order valence-electron chi connectivity index (χ2n) is 14.9. The van der Waals surface area contributed by atoms with Crippen molar-refractivity contribution < 1.29 is 4.42 Å². The molecule has 59 heavy (non-hydrogen) atoms. The monoisotopic (exact) mass is 754 g/mol. The molecule has 11 aromatic rings. The van der Waals surface area contributed by atoms with Crippen molar-refractivity contribution in [3.8, 4) is 22.3 Å². The average Bonchev–Trinajstić information content (AvgIpc) is 3.70. The van der Waals surface area contributed by atoms with Crippen molar-refractivity contribution in [2.75, 3.05) is 9.80 Å². The summed E-state index contributed by atoms with van der Waals surface area (Å²) in [5.74, 6) is 0. The molecule has 10 aromatic carbocycles. The highest BCUT2D eigenvalue weighted by Crippen LogP contribution is 2.46. The number of para-hydroxylation sites is 2. The molecule has 1 heterocycles. The summed E-state index contributed by atoms with van der Waals surface area (Å²) in [5, 5.41) is 6.84. The number of rotatable bonds is 8. The van der Waals surface area contributed by atoms with Crippen molar-refractivity contribution in [3.63, 3.8) is 0 Å². The molecule has 0 N–H and O–H groups in total. The van der Waals surface area contributed by atoms with Crippen molar-refractivity contribution in [1.29, 1.82) is 0 Å². The van der Waals surface area contributed by atoms with Crippen LogP contribution >= 0.6 is 0 Å². The second-order valence-corrected chi connectivity index (χ2v) is 14.9. The molecule has 0 saturated carbocycles. The van der Waals surface area contributed by atoms with E-state index in [1.54, 1.807) is 0 Å². The number of fused-ring (bicyclic) bond motifs is 8. The molecule has 11 rings (SSSR count). The van der Waals surface area contributed by atoms with E-state index in [1.165, 1.54) is 33.0 Å². The highest BCUT2D eigenvalue weighted by atomic mass is 16.3. The normalized spacial score (nSPS) is 11.4. The van der Waals surface area contributed by atoms with Crippen LogP contribution in [0.1, 0.15) is 0 Å². The van der Waals surface area contributed by atoms with E-state index in [2.05, 4.69) is 240 Å². The SMILES string of the molecule is c1ccc(-c2ccc(N(c3ccccc3)c3ccc4c(c3)oc3c5ccc(N(c6ccccc6)c6ccc(-c7ccccc7)cc6)cc5c5ccccc5c43)cc2)cc1. The van der Waals surface area contributed by atoms with Gasteiger partial charge in [-0.15, -0.1) is 0 Å². The van der Waals surface area contributed by atoms with Crippen molar-refractivity contribution >= 4 is 77.6 Å². The maximum absolute atomic E-state index is 7.00. The first-order chi connectivity index (χ1) is 29.3. The van der Waals surface area contributed by atoms with Crippen LogP contribution in [0.5, 0.6) is 0 Å². The smallest absolute Gasteiger partial charge is 0.143 e. The van der Waals surface area contributed by atoms with Crippen LogP contribution in [-0.4, -0.2) is 0 Å². The summed E-state index contributed by atoms with van der Waals surface area (Å²) in [5.41, 5.74) is 13.0. The van der Waals surface area contributed by atoms with Gasteiger partial charge in [-0.2, -0.15) is 0 Å². The number of benzene rings is 10. The molecule has 3 heteroatoms. The molecule has 0 spiro atoms. The minimum atomic E-state index is 0.852. The van der Waals surface area contributed by atoms with Crippen LogP contribution in [0.3, 0.4) is 0 Å². The Kier molecular flexibility index (Phi) is 8.49. The van der Waals surface area contributed by atoms with Crippen LogP contribution in [0, 0.1) is 0 Å². The first kappa shape index (κ1) is 34.4. The Balaban J connectivity index is 1.05. The van der Waals surface area contributed by atoms with Gasteiger partial charge < -0.3 is 14.2 Å². The third-order valence-corrected chi connectivity index (χ3v) is 11.4. The Morgan fingerprint density at radius 2 is 0.644 bits per heavy atom. The highest BCUT2D eigenvalue weighted by Gasteiger charge is 2.21. The van der Waals surface area contributed by atoms with E-state index in [-0.39, 0.29) is 0 Å². The quantitative estimate of drug-likeness (QED) is 0.144. The van der Waals surface area contributed by atoms with E-state index in [4.69, 9.17) is 4.42 Å². The molecule has 3 nitrogen and oxygen atoms in total. The molecule has 0 bridgehead atoms. The van der Waals surface area contributed by atoms with Crippen LogP contribution < -0.4 is 9.80 Å². The van der Waals surface area contributed by atoms with E-state index in [0.29, 0.717) is 0 Å². The molecule has 0 atom stereocenters. The minimum Gasteiger partial charge on any atom is -0.455 e. The molecule has 0 aliphatic carbocycles. The van der Waals surface area contributed by atoms with Crippen LogP contribution in [-0.2, 0) is 0 Å². The first-order valence-electron chi connectivity index (χ1n) is 20.1. The summed E-state index contributed by atoms with van der Waals surface area (Å²) in [6.45, 7) is 0. The lowest BCUT2D eigenvalue weighted by Crippen LogP contribution is -2.09. The Labute approximate surface area is 343 Å². The van der Waals surface area contributed by atoms with Gasteiger partial charge in [-0.25, -0.2) is 0 Å². The number of hydrogen-bond acceptors (Lipinski definition) is 3. The topological polar surface area (TPSA) is 19.6 Å². The maximum Gasteiger partial charge on any atom is 0.143 e. The van der Waals surface area contributed by atoms with Gasteiger partial charge in [0, 0.05) is 56.3 Å². The van der Waals surface area contributed by atoms with Gasteiger partial charge in [0.25, 0.3) is 0 Å². The standard InChI is InChI=1S/C56H38N2O/c1-5-15-39(16-6-1)41-25-29-45(30-26-41)57(43-19-9-3-10-20-43)47-33-35-51-53(37-47)49-23-13-14-24-50(49)55-52-36-34-48(38-54(52)59-56(51)55)58(44-21-11-4-12-22-44)46-31-27-42(28-32-46)40-17-7-2-8-18-40/h1-38H. The third kappa shape index (κ3) is 6.17. The largest absolute Gasteiger partial charge is 0.455 e. The molecule has 0 amide bonds. The van der Waals surface area contributed by atoms with E-state index in [0.717, 1.165) is 66.8 Å². The van der Waals surface area contributed by atoms with Crippen LogP contribution in [0.25, 0.3) is 65.7 Å². The summed E-state index contributed by atoms with van der Waals surface area (Å²) in [6, 6.07) is 82.0. The fourth-order valence-corrected chi connectivity index (χ4v) is 8.63. The lowest BCUT2D eigenvalue weighted by atomic mass is 9.96.